The smallest absolute Gasteiger partial charge is 0.350 e. The molecule has 0 bridgehead atoms. The second-order valence-electron chi connectivity index (χ2n) is 11.7. The summed E-state index contributed by atoms with van der Waals surface area (Å²) in [6.07, 6.45) is -7.18. The summed E-state index contributed by atoms with van der Waals surface area (Å²) in [5.41, 5.74) is -8.56. The van der Waals surface area contributed by atoms with Gasteiger partial charge in [-0.1, -0.05) is 27.7 Å². The van der Waals surface area contributed by atoms with Crippen LogP contribution in [0.4, 0.5) is 0 Å². The number of carbonyl (C=O) groups is 4. The molecule has 2 N–H and O–H groups in total. The van der Waals surface area contributed by atoms with Gasteiger partial charge in [0.15, 0.2) is 11.7 Å². The molecule has 0 amide bonds. The van der Waals surface area contributed by atoms with E-state index < -0.39 is 99.8 Å². The van der Waals surface area contributed by atoms with Crippen molar-refractivity contribution in [1.29, 1.82) is 0 Å². The van der Waals surface area contributed by atoms with Gasteiger partial charge in [0.25, 0.3) is 0 Å². The fraction of sp³-hybridized carbons (Fsp3) is 0.826. The van der Waals surface area contributed by atoms with Crippen molar-refractivity contribution < 1.29 is 53.1 Å². The van der Waals surface area contributed by atoms with Crippen LogP contribution in [-0.4, -0.2) is 76.0 Å². The summed E-state index contributed by atoms with van der Waals surface area (Å²) in [4.78, 5) is 51.6. The minimum atomic E-state index is -2.30. The molecule has 0 aromatic heterocycles. The van der Waals surface area contributed by atoms with Crippen LogP contribution in [0.25, 0.3) is 0 Å². The first kappa shape index (κ1) is 22.2. The maximum absolute atomic E-state index is 13.7. The minimum Gasteiger partial charge on any atom is -0.459 e. The largest absolute Gasteiger partial charge is 0.459 e. The molecular formula is C23H28O11. The molecule has 11 nitrogen and oxygen atoms in total. The number of carbonyl (C=O) groups excluding carboxylic acids is 4. The predicted molar refractivity (Wildman–Crippen MR) is 106 cm³/mol. The zero-order chi connectivity index (χ0) is 25.0. The Hall–Kier alpha value is -2.24. The topological polar surface area (TPSA) is 155 Å². The fourth-order valence-electron chi connectivity index (χ4n) is 9.16. The Bertz CT molecular complexity index is 1060. The highest BCUT2D eigenvalue weighted by atomic mass is 16.8. The Morgan fingerprint density at radius 3 is 2.26 bits per heavy atom. The van der Waals surface area contributed by atoms with E-state index in [0.717, 1.165) is 6.92 Å². The molecule has 0 radical (unpaired) electrons. The van der Waals surface area contributed by atoms with Gasteiger partial charge >= 0.3 is 23.9 Å². The van der Waals surface area contributed by atoms with E-state index in [2.05, 4.69) is 0 Å². The quantitative estimate of drug-likeness (QED) is 0.367. The molecule has 12 atom stereocenters. The highest BCUT2D eigenvalue weighted by Crippen LogP contribution is 2.85. The van der Waals surface area contributed by atoms with Crippen molar-refractivity contribution in [3.05, 3.63) is 0 Å². The number of fused-ring (bicyclic) bond motifs is 1. The molecule has 4 unspecified atom stereocenters. The van der Waals surface area contributed by atoms with Crippen molar-refractivity contribution in [3.8, 4) is 0 Å². The van der Waals surface area contributed by atoms with Gasteiger partial charge in [-0.05, 0) is 24.2 Å². The Labute approximate surface area is 195 Å². The average Bonchev–Trinajstić information content (AvgIpc) is 3.40. The Kier molecular flexibility index (Phi) is 3.77. The first-order valence-electron chi connectivity index (χ1n) is 11.5. The number of ether oxygens (including phenoxy) is 5. The van der Waals surface area contributed by atoms with Crippen molar-refractivity contribution in [2.24, 2.45) is 34.0 Å². The number of esters is 4. The monoisotopic (exact) mass is 480 g/mol. The molecule has 0 aromatic rings. The molecule has 0 aromatic carbocycles. The van der Waals surface area contributed by atoms with Gasteiger partial charge in [-0.25, -0.2) is 9.59 Å². The summed E-state index contributed by atoms with van der Waals surface area (Å²) in [6, 6.07) is 0. The van der Waals surface area contributed by atoms with Gasteiger partial charge in [0.1, 0.15) is 12.2 Å². The predicted octanol–water partition coefficient (Wildman–Crippen LogP) is -0.553. The van der Waals surface area contributed by atoms with Crippen LogP contribution in [0.2, 0.25) is 0 Å². The van der Waals surface area contributed by atoms with Gasteiger partial charge in [0.05, 0.1) is 16.7 Å². The standard InChI is InChI=1S/C23H28O11/c1-7-10(19(4,5)6)20-14(30-9(3)24)16(27)33-18(20)34-23-17(28)32-12(7)21(20,23)11(25)13-22(23,29)8(2)15(26)31-13/h7-8,10-14,18,25,29H,1-6H3/t7-,8-,10+,11+,12?,13+,14+,18?,20?,21?,22-,23+/m1/s1. The Balaban J connectivity index is 1.74. The van der Waals surface area contributed by atoms with Crippen LogP contribution in [0.5, 0.6) is 0 Å². The minimum absolute atomic E-state index is 0.465. The average molecular weight is 480 g/mol. The van der Waals surface area contributed by atoms with E-state index in [1.54, 1.807) is 0 Å². The summed E-state index contributed by atoms with van der Waals surface area (Å²) in [5, 5.41) is 24.0. The summed E-state index contributed by atoms with van der Waals surface area (Å²) in [6.45, 7) is 10.1. The first-order chi connectivity index (χ1) is 15.7. The van der Waals surface area contributed by atoms with Crippen molar-refractivity contribution >= 4 is 23.9 Å². The van der Waals surface area contributed by atoms with Gasteiger partial charge in [-0.15, -0.1) is 0 Å². The van der Waals surface area contributed by atoms with Crippen LogP contribution in [0.3, 0.4) is 0 Å². The maximum Gasteiger partial charge on any atom is 0.350 e. The molecule has 4 aliphatic heterocycles. The normalized spacial score (nSPS) is 56.4. The van der Waals surface area contributed by atoms with Gasteiger partial charge in [0, 0.05) is 6.92 Å². The lowest BCUT2D eigenvalue weighted by molar-refractivity contribution is -0.240. The van der Waals surface area contributed by atoms with Gasteiger partial charge in [-0.2, -0.15) is 0 Å². The molecule has 11 heteroatoms. The molecule has 6 rings (SSSR count). The second kappa shape index (κ2) is 5.76. The van der Waals surface area contributed by atoms with Crippen molar-refractivity contribution in [3.63, 3.8) is 0 Å². The molecule has 2 aliphatic carbocycles. The molecule has 34 heavy (non-hydrogen) atoms. The molecule has 6 fully saturated rings. The van der Waals surface area contributed by atoms with E-state index in [0.29, 0.717) is 0 Å². The Morgan fingerprint density at radius 2 is 1.68 bits per heavy atom. The second-order valence-corrected chi connectivity index (χ2v) is 11.7. The van der Waals surface area contributed by atoms with E-state index in [1.807, 2.05) is 27.7 Å². The van der Waals surface area contributed by atoms with Crippen molar-refractivity contribution in [1.82, 2.24) is 0 Å². The molecule has 4 saturated heterocycles. The van der Waals surface area contributed by atoms with Crippen LogP contribution in [0, 0.1) is 34.0 Å². The number of aliphatic hydroxyl groups excluding tert-OH is 1. The third kappa shape index (κ3) is 1.72. The number of aliphatic hydroxyl groups is 2. The summed E-state index contributed by atoms with van der Waals surface area (Å²) in [5.74, 6) is -5.64. The van der Waals surface area contributed by atoms with Crippen LogP contribution >= 0.6 is 0 Å². The SMILES string of the molecule is CC(=O)O[C@H]1C(=O)OC2O[C@@]34C(=O)OC5[C@H](C)[C@@H](C(C)(C)C)C21C53[C@@H](O)[C@@H]1OC(=O)[C@@H](C)[C@@]14O. The molecule has 186 valence electrons. The van der Waals surface area contributed by atoms with E-state index >= 15 is 0 Å². The highest BCUT2D eigenvalue weighted by Gasteiger charge is 3.05. The lowest BCUT2D eigenvalue weighted by atomic mass is 9.50. The molecule has 2 spiro atoms. The van der Waals surface area contributed by atoms with Gasteiger partial charge < -0.3 is 33.9 Å². The third-order valence-electron chi connectivity index (χ3n) is 9.56. The molecule has 4 heterocycles. The van der Waals surface area contributed by atoms with Crippen LogP contribution in [-0.2, 0) is 42.9 Å². The van der Waals surface area contributed by atoms with Crippen LogP contribution in [0.15, 0.2) is 0 Å². The maximum atomic E-state index is 13.7. The summed E-state index contributed by atoms with van der Waals surface area (Å²) in [7, 11) is 0. The third-order valence-corrected chi connectivity index (χ3v) is 9.56. The molecule has 2 saturated carbocycles. The highest BCUT2D eigenvalue weighted by molar-refractivity contribution is 5.94. The fourth-order valence-corrected chi connectivity index (χ4v) is 9.16. The summed E-state index contributed by atoms with van der Waals surface area (Å²) < 4.78 is 28.7. The summed E-state index contributed by atoms with van der Waals surface area (Å²) >= 11 is 0. The van der Waals surface area contributed by atoms with Gasteiger partial charge in [0.2, 0.25) is 18.0 Å². The molecule has 6 aliphatic rings. The van der Waals surface area contributed by atoms with E-state index in [1.165, 1.54) is 6.92 Å². The van der Waals surface area contributed by atoms with E-state index in [4.69, 9.17) is 23.7 Å². The van der Waals surface area contributed by atoms with Crippen LogP contribution in [0.1, 0.15) is 41.5 Å². The van der Waals surface area contributed by atoms with Gasteiger partial charge in [-0.3, -0.25) is 9.59 Å². The lowest BCUT2D eigenvalue weighted by Crippen LogP contribution is -2.67. The lowest BCUT2D eigenvalue weighted by Gasteiger charge is -2.48. The zero-order valence-electron chi connectivity index (χ0n) is 19.7. The number of rotatable bonds is 1. The van der Waals surface area contributed by atoms with E-state index in [9.17, 15) is 29.4 Å². The Morgan fingerprint density at radius 1 is 1.03 bits per heavy atom. The number of hydrogen-bond donors (Lipinski definition) is 2. The number of hydrogen-bond acceptors (Lipinski definition) is 11. The molecular weight excluding hydrogens is 452 g/mol. The van der Waals surface area contributed by atoms with E-state index in [-0.39, 0.29) is 0 Å². The first-order valence-corrected chi connectivity index (χ1v) is 11.5. The van der Waals surface area contributed by atoms with Crippen molar-refractivity contribution in [2.75, 3.05) is 0 Å². The zero-order valence-corrected chi connectivity index (χ0v) is 19.7. The van der Waals surface area contributed by atoms with Crippen LogP contribution < -0.4 is 0 Å². The van der Waals surface area contributed by atoms with Crippen molar-refractivity contribution in [2.45, 2.75) is 83.5 Å².